The maximum Gasteiger partial charge on any atom is 0.271 e. The SMILES string of the molecule is COc1cc(C(=O)NN=C(N)N)cc(O)c1OC. The molecule has 0 bridgehead atoms. The minimum atomic E-state index is -0.598. The van der Waals surface area contributed by atoms with Gasteiger partial charge in [-0.2, -0.15) is 0 Å². The normalized spacial score (nSPS) is 9.44. The van der Waals surface area contributed by atoms with E-state index in [-0.39, 0.29) is 28.8 Å². The van der Waals surface area contributed by atoms with E-state index in [0.29, 0.717) is 0 Å². The van der Waals surface area contributed by atoms with E-state index < -0.39 is 5.91 Å². The predicted octanol–water partition coefficient (Wildman–Crippen LogP) is -0.672. The Labute approximate surface area is 103 Å². The first kappa shape index (κ1) is 13.4. The van der Waals surface area contributed by atoms with Crippen molar-refractivity contribution in [2.24, 2.45) is 16.6 Å². The van der Waals surface area contributed by atoms with Crippen molar-refractivity contribution in [3.63, 3.8) is 0 Å². The highest BCUT2D eigenvalue weighted by Crippen LogP contribution is 2.37. The van der Waals surface area contributed by atoms with Gasteiger partial charge in [-0.3, -0.25) is 4.79 Å². The Morgan fingerprint density at radius 1 is 1.33 bits per heavy atom. The van der Waals surface area contributed by atoms with E-state index in [4.69, 9.17) is 20.9 Å². The van der Waals surface area contributed by atoms with E-state index in [2.05, 4.69) is 10.5 Å². The molecular weight excluding hydrogens is 240 g/mol. The summed E-state index contributed by atoms with van der Waals surface area (Å²) in [6.45, 7) is 0. The molecule has 6 N–H and O–H groups in total. The molecule has 1 aromatic rings. The summed E-state index contributed by atoms with van der Waals surface area (Å²) in [5.74, 6) is -0.761. The van der Waals surface area contributed by atoms with Crippen molar-refractivity contribution >= 4 is 11.9 Å². The lowest BCUT2D eigenvalue weighted by Gasteiger charge is -2.10. The Kier molecular flexibility index (Phi) is 4.19. The summed E-state index contributed by atoms with van der Waals surface area (Å²) >= 11 is 0. The zero-order valence-electron chi connectivity index (χ0n) is 9.93. The molecule has 0 atom stereocenters. The number of phenols is 1. The highest BCUT2D eigenvalue weighted by molar-refractivity contribution is 5.96. The molecule has 1 amide bonds. The Morgan fingerprint density at radius 3 is 2.50 bits per heavy atom. The zero-order valence-corrected chi connectivity index (χ0v) is 9.93. The number of hydrogen-bond donors (Lipinski definition) is 4. The van der Waals surface area contributed by atoms with E-state index in [1.165, 1.54) is 26.4 Å². The quantitative estimate of drug-likeness (QED) is 0.320. The van der Waals surface area contributed by atoms with Gasteiger partial charge < -0.3 is 26.0 Å². The highest BCUT2D eigenvalue weighted by Gasteiger charge is 2.15. The minimum Gasteiger partial charge on any atom is -0.504 e. The molecule has 18 heavy (non-hydrogen) atoms. The number of amides is 1. The summed E-state index contributed by atoms with van der Waals surface area (Å²) in [5.41, 5.74) is 12.4. The molecule has 0 unspecified atom stereocenters. The van der Waals surface area contributed by atoms with Crippen LogP contribution in [0.25, 0.3) is 0 Å². The molecule has 0 radical (unpaired) electrons. The van der Waals surface area contributed by atoms with Crippen LogP contribution < -0.4 is 26.4 Å². The van der Waals surface area contributed by atoms with Crippen LogP contribution in [0.4, 0.5) is 0 Å². The summed E-state index contributed by atoms with van der Waals surface area (Å²) in [7, 11) is 2.76. The summed E-state index contributed by atoms with van der Waals surface area (Å²) < 4.78 is 9.91. The molecule has 0 fully saturated rings. The first-order valence-corrected chi connectivity index (χ1v) is 4.83. The second-order valence-corrected chi connectivity index (χ2v) is 3.21. The zero-order chi connectivity index (χ0) is 13.7. The third-order valence-corrected chi connectivity index (χ3v) is 2.01. The van der Waals surface area contributed by atoms with Gasteiger partial charge in [0.05, 0.1) is 14.2 Å². The van der Waals surface area contributed by atoms with E-state index in [0.717, 1.165) is 0 Å². The Balaban J connectivity index is 3.08. The molecule has 8 nitrogen and oxygen atoms in total. The number of carbonyl (C=O) groups excluding carboxylic acids is 1. The summed E-state index contributed by atoms with van der Waals surface area (Å²) in [4.78, 5) is 11.6. The van der Waals surface area contributed by atoms with Crippen LogP contribution in [0.5, 0.6) is 17.2 Å². The maximum absolute atomic E-state index is 11.6. The van der Waals surface area contributed by atoms with Crippen LogP contribution in [0.1, 0.15) is 10.4 Å². The summed E-state index contributed by atoms with van der Waals surface area (Å²) in [6.07, 6.45) is 0. The molecule has 8 heteroatoms. The number of carbonyl (C=O) groups is 1. The number of rotatable bonds is 4. The number of hydrogen-bond acceptors (Lipinski definition) is 5. The monoisotopic (exact) mass is 254 g/mol. The largest absolute Gasteiger partial charge is 0.504 e. The summed E-state index contributed by atoms with van der Waals surface area (Å²) in [5, 5.41) is 13.0. The van der Waals surface area contributed by atoms with Crippen LogP contribution in [0.3, 0.4) is 0 Å². The lowest BCUT2D eigenvalue weighted by Crippen LogP contribution is -2.29. The van der Waals surface area contributed by atoms with Crippen LogP contribution in [-0.2, 0) is 0 Å². The molecule has 98 valence electrons. The number of guanidine groups is 1. The number of methoxy groups -OCH3 is 2. The Bertz CT molecular complexity index is 483. The van der Waals surface area contributed by atoms with Crippen molar-refractivity contribution in [1.29, 1.82) is 0 Å². The second-order valence-electron chi connectivity index (χ2n) is 3.21. The molecule has 1 aromatic carbocycles. The number of ether oxygens (including phenoxy) is 2. The van der Waals surface area contributed by atoms with Crippen molar-refractivity contribution in [3.05, 3.63) is 17.7 Å². The fourth-order valence-corrected chi connectivity index (χ4v) is 1.26. The van der Waals surface area contributed by atoms with Crippen LogP contribution in [0.15, 0.2) is 17.2 Å². The number of benzene rings is 1. The van der Waals surface area contributed by atoms with Crippen molar-refractivity contribution in [1.82, 2.24) is 5.43 Å². The van der Waals surface area contributed by atoms with Crippen LogP contribution >= 0.6 is 0 Å². The maximum atomic E-state index is 11.6. The lowest BCUT2D eigenvalue weighted by molar-refractivity contribution is 0.0954. The number of nitrogens with two attached hydrogens (primary N) is 2. The van der Waals surface area contributed by atoms with E-state index in [1.807, 2.05) is 0 Å². The molecule has 0 aliphatic rings. The fourth-order valence-electron chi connectivity index (χ4n) is 1.26. The number of phenolic OH excluding ortho intramolecular Hbond substituents is 1. The molecule has 1 rings (SSSR count). The van der Waals surface area contributed by atoms with Gasteiger partial charge in [0, 0.05) is 5.56 Å². The van der Waals surface area contributed by atoms with E-state index in [9.17, 15) is 9.90 Å². The van der Waals surface area contributed by atoms with Crippen LogP contribution in [0.2, 0.25) is 0 Å². The summed E-state index contributed by atoms with van der Waals surface area (Å²) in [6, 6.07) is 2.59. The highest BCUT2D eigenvalue weighted by atomic mass is 16.5. The molecule has 0 saturated heterocycles. The standard InChI is InChI=1S/C10H14N4O4/c1-17-7-4-5(3-6(15)8(7)18-2)9(16)13-14-10(11)12/h3-4,15H,1-2H3,(H,13,16)(H4,11,12,14). The van der Waals surface area contributed by atoms with Crippen molar-refractivity contribution in [3.8, 4) is 17.2 Å². The number of hydrazone groups is 1. The lowest BCUT2D eigenvalue weighted by atomic mass is 10.1. The number of nitrogens with zero attached hydrogens (tertiary/aromatic N) is 1. The molecule has 0 aliphatic carbocycles. The van der Waals surface area contributed by atoms with Crippen LogP contribution in [-0.4, -0.2) is 31.2 Å². The topological polar surface area (TPSA) is 132 Å². The van der Waals surface area contributed by atoms with Crippen LogP contribution in [0, 0.1) is 0 Å². The van der Waals surface area contributed by atoms with Gasteiger partial charge in [-0.05, 0) is 12.1 Å². The predicted molar refractivity (Wildman–Crippen MR) is 64.5 cm³/mol. The first-order valence-electron chi connectivity index (χ1n) is 4.83. The van der Waals surface area contributed by atoms with E-state index in [1.54, 1.807) is 0 Å². The smallest absolute Gasteiger partial charge is 0.271 e. The molecule has 0 spiro atoms. The van der Waals surface area contributed by atoms with Gasteiger partial charge in [0.25, 0.3) is 5.91 Å². The van der Waals surface area contributed by atoms with Crippen molar-refractivity contribution in [2.75, 3.05) is 14.2 Å². The first-order chi connectivity index (χ1) is 8.49. The van der Waals surface area contributed by atoms with Crippen molar-refractivity contribution < 1.29 is 19.4 Å². The van der Waals surface area contributed by atoms with Gasteiger partial charge in [-0.15, -0.1) is 5.10 Å². The number of nitrogens with one attached hydrogen (secondary N) is 1. The van der Waals surface area contributed by atoms with Gasteiger partial charge in [0.2, 0.25) is 11.7 Å². The van der Waals surface area contributed by atoms with Gasteiger partial charge in [-0.1, -0.05) is 0 Å². The van der Waals surface area contributed by atoms with Gasteiger partial charge in [-0.25, -0.2) is 5.43 Å². The third-order valence-electron chi connectivity index (χ3n) is 2.01. The van der Waals surface area contributed by atoms with Gasteiger partial charge in [0.15, 0.2) is 11.5 Å². The second kappa shape index (κ2) is 5.62. The average Bonchev–Trinajstić information content (AvgIpc) is 2.34. The third kappa shape index (κ3) is 2.94. The molecule has 0 saturated carbocycles. The van der Waals surface area contributed by atoms with Crippen molar-refractivity contribution in [2.45, 2.75) is 0 Å². The molecular formula is C10H14N4O4. The van der Waals surface area contributed by atoms with E-state index >= 15 is 0 Å². The minimum absolute atomic E-state index is 0.121. The average molecular weight is 254 g/mol. The van der Waals surface area contributed by atoms with Gasteiger partial charge >= 0.3 is 0 Å². The Morgan fingerprint density at radius 2 is 2.00 bits per heavy atom. The molecule has 0 aliphatic heterocycles. The molecule has 0 heterocycles. The number of aromatic hydroxyl groups is 1. The fraction of sp³-hybridized carbons (Fsp3) is 0.200. The Hall–Kier alpha value is -2.64. The molecule has 0 aromatic heterocycles. The van der Waals surface area contributed by atoms with Gasteiger partial charge in [0.1, 0.15) is 0 Å².